The minimum atomic E-state index is -4.51. The Morgan fingerprint density at radius 3 is 2.58 bits per heavy atom. The number of fused-ring (bicyclic) bond motifs is 1. The molecule has 0 unspecified atom stereocenters. The molecular formula is C14H12ClF3N6. The highest BCUT2D eigenvalue weighted by Crippen LogP contribution is 2.32. The average Bonchev–Trinajstić information content (AvgIpc) is 2.87. The Balaban J connectivity index is 1.93. The molecule has 0 aliphatic carbocycles. The molecule has 0 amide bonds. The molecule has 0 bridgehead atoms. The normalized spacial score (nSPS) is 11.9. The smallest absolute Gasteiger partial charge is 0.363 e. The molecule has 0 spiro atoms. The molecule has 1 N–H and O–H groups in total. The second-order valence-corrected chi connectivity index (χ2v) is 5.59. The Bertz CT molecular complexity index is 885. The van der Waals surface area contributed by atoms with Gasteiger partial charge in [0.1, 0.15) is 11.6 Å². The number of aryl methyl sites for hydroxylation is 2. The van der Waals surface area contributed by atoms with Gasteiger partial charge >= 0.3 is 6.18 Å². The lowest BCUT2D eigenvalue weighted by atomic mass is 10.3. The van der Waals surface area contributed by atoms with Crippen molar-refractivity contribution in [3.8, 4) is 0 Å². The van der Waals surface area contributed by atoms with Crippen molar-refractivity contribution in [2.45, 2.75) is 26.6 Å². The van der Waals surface area contributed by atoms with Gasteiger partial charge in [0, 0.05) is 18.0 Å². The lowest BCUT2D eigenvalue weighted by molar-refractivity contribution is -0.137. The fourth-order valence-electron chi connectivity index (χ4n) is 2.25. The molecular weight excluding hydrogens is 345 g/mol. The minimum Gasteiger partial charge on any atom is -0.363 e. The number of aromatic nitrogens is 5. The topological polar surface area (TPSA) is 68.0 Å². The van der Waals surface area contributed by atoms with Crippen LogP contribution in [0.25, 0.3) is 5.65 Å². The molecule has 3 heterocycles. The van der Waals surface area contributed by atoms with Crippen LogP contribution in [0.4, 0.5) is 19.0 Å². The van der Waals surface area contributed by atoms with Crippen LogP contribution in [-0.4, -0.2) is 24.6 Å². The number of anilines is 1. The molecule has 3 aromatic heterocycles. The molecule has 126 valence electrons. The van der Waals surface area contributed by atoms with Crippen LogP contribution in [0, 0.1) is 13.8 Å². The van der Waals surface area contributed by atoms with Gasteiger partial charge in [0.25, 0.3) is 0 Å². The number of hydrogen-bond acceptors (Lipinski definition) is 5. The number of rotatable bonds is 3. The Kier molecular flexibility index (Phi) is 4.04. The van der Waals surface area contributed by atoms with Gasteiger partial charge in [0.15, 0.2) is 11.5 Å². The summed E-state index contributed by atoms with van der Waals surface area (Å²) in [4.78, 5) is 8.35. The van der Waals surface area contributed by atoms with Crippen molar-refractivity contribution in [3.63, 3.8) is 0 Å². The minimum absolute atomic E-state index is 0.114. The maximum absolute atomic E-state index is 12.9. The highest BCUT2D eigenvalue weighted by Gasteiger charge is 2.32. The van der Waals surface area contributed by atoms with E-state index in [1.54, 1.807) is 13.0 Å². The summed E-state index contributed by atoms with van der Waals surface area (Å²) in [7, 11) is 0. The Labute approximate surface area is 139 Å². The van der Waals surface area contributed by atoms with Crippen molar-refractivity contribution in [1.82, 2.24) is 24.6 Å². The van der Waals surface area contributed by atoms with Gasteiger partial charge in [-0.3, -0.25) is 4.40 Å². The van der Waals surface area contributed by atoms with E-state index < -0.39 is 11.7 Å². The lowest BCUT2D eigenvalue weighted by Crippen LogP contribution is -2.10. The number of nitrogens with one attached hydrogen (secondary N) is 1. The van der Waals surface area contributed by atoms with E-state index >= 15 is 0 Å². The Morgan fingerprint density at radius 2 is 1.92 bits per heavy atom. The monoisotopic (exact) mass is 356 g/mol. The number of halogens is 4. The summed E-state index contributed by atoms with van der Waals surface area (Å²) in [5.41, 5.74) is 0.0739. The van der Waals surface area contributed by atoms with Crippen molar-refractivity contribution in [2.75, 3.05) is 5.32 Å². The maximum atomic E-state index is 12.9. The van der Waals surface area contributed by atoms with E-state index in [0.717, 1.165) is 18.0 Å². The van der Waals surface area contributed by atoms with E-state index in [0.29, 0.717) is 11.6 Å². The molecule has 24 heavy (non-hydrogen) atoms. The van der Waals surface area contributed by atoms with E-state index in [9.17, 15) is 13.2 Å². The standard InChI is InChI=1S/C14H12ClF3N6/c1-7-3-11(21-8(2)20-7)19-5-12-22-23-13-10(15)4-9(6-24(12)13)14(16,17)18/h3-4,6H,5H2,1-2H3,(H,19,20,21). The van der Waals surface area contributed by atoms with Gasteiger partial charge in [-0.05, 0) is 19.9 Å². The molecule has 0 atom stereocenters. The quantitative estimate of drug-likeness (QED) is 0.778. The molecule has 0 aliphatic rings. The second kappa shape index (κ2) is 5.90. The highest BCUT2D eigenvalue weighted by molar-refractivity contribution is 6.33. The number of alkyl halides is 3. The first kappa shape index (κ1) is 16.4. The average molecular weight is 357 g/mol. The first-order chi connectivity index (χ1) is 11.2. The summed E-state index contributed by atoms with van der Waals surface area (Å²) in [6.07, 6.45) is -3.58. The molecule has 3 aromatic rings. The zero-order valence-electron chi connectivity index (χ0n) is 12.7. The predicted octanol–water partition coefficient (Wildman–Crippen LogP) is 3.42. The summed E-state index contributed by atoms with van der Waals surface area (Å²) in [5.74, 6) is 1.42. The molecule has 0 saturated heterocycles. The van der Waals surface area contributed by atoms with Crippen LogP contribution in [0.2, 0.25) is 5.02 Å². The van der Waals surface area contributed by atoms with Crippen molar-refractivity contribution in [2.24, 2.45) is 0 Å². The third-order valence-corrected chi connectivity index (χ3v) is 3.53. The van der Waals surface area contributed by atoms with Crippen LogP contribution in [0.1, 0.15) is 22.9 Å². The van der Waals surface area contributed by atoms with Crippen LogP contribution < -0.4 is 5.32 Å². The maximum Gasteiger partial charge on any atom is 0.417 e. The first-order valence-electron chi connectivity index (χ1n) is 6.90. The van der Waals surface area contributed by atoms with Gasteiger partial charge in [-0.25, -0.2) is 9.97 Å². The summed E-state index contributed by atoms with van der Waals surface area (Å²) in [6, 6.07) is 2.56. The lowest BCUT2D eigenvalue weighted by Gasteiger charge is -2.09. The Morgan fingerprint density at radius 1 is 1.17 bits per heavy atom. The van der Waals surface area contributed by atoms with Crippen molar-refractivity contribution in [3.05, 3.63) is 46.3 Å². The third kappa shape index (κ3) is 3.25. The molecule has 0 fully saturated rings. The van der Waals surface area contributed by atoms with Crippen molar-refractivity contribution in [1.29, 1.82) is 0 Å². The van der Waals surface area contributed by atoms with E-state index in [2.05, 4.69) is 25.5 Å². The third-order valence-electron chi connectivity index (χ3n) is 3.25. The first-order valence-corrected chi connectivity index (χ1v) is 7.28. The van der Waals surface area contributed by atoms with Crippen LogP contribution >= 0.6 is 11.6 Å². The van der Waals surface area contributed by atoms with E-state index in [-0.39, 0.29) is 23.0 Å². The van der Waals surface area contributed by atoms with Gasteiger partial charge in [0.05, 0.1) is 17.1 Å². The van der Waals surface area contributed by atoms with Gasteiger partial charge in [-0.15, -0.1) is 10.2 Å². The largest absolute Gasteiger partial charge is 0.417 e. The van der Waals surface area contributed by atoms with Crippen molar-refractivity contribution >= 4 is 23.1 Å². The molecule has 0 radical (unpaired) electrons. The zero-order valence-corrected chi connectivity index (χ0v) is 13.4. The number of nitrogens with zero attached hydrogens (tertiary/aromatic N) is 5. The van der Waals surface area contributed by atoms with E-state index in [1.165, 1.54) is 4.40 Å². The van der Waals surface area contributed by atoms with Gasteiger partial charge in [-0.1, -0.05) is 11.6 Å². The molecule has 0 saturated carbocycles. The fraction of sp³-hybridized carbons (Fsp3) is 0.286. The predicted molar refractivity (Wildman–Crippen MR) is 81.8 cm³/mol. The van der Waals surface area contributed by atoms with Gasteiger partial charge < -0.3 is 5.32 Å². The SMILES string of the molecule is Cc1cc(NCc2nnc3c(Cl)cc(C(F)(F)F)cn23)nc(C)n1. The number of hydrogen-bond donors (Lipinski definition) is 1. The van der Waals surface area contributed by atoms with Gasteiger partial charge in [0.2, 0.25) is 0 Å². The van der Waals surface area contributed by atoms with Crippen LogP contribution in [0.15, 0.2) is 18.3 Å². The van der Waals surface area contributed by atoms with Crippen LogP contribution in [0.3, 0.4) is 0 Å². The summed E-state index contributed by atoms with van der Waals surface area (Å²) < 4.78 is 40.0. The van der Waals surface area contributed by atoms with Crippen LogP contribution in [0.5, 0.6) is 0 Å². The molecule has 3 rings (SSSR count). The summed E-state index contributed by atoms with van der Waals surface area (Å²) in [5, 5.41) is 10.6. The summed E-state index contributed by atoms with van der Waals surface area (Å²) >= 11 is 5.88. The van der Waals surface area contributed by atoms with Crippen LogP contribution in [-0.2, 0) is 12.7 Å². The number of pyridine rings is 1. The second-order valence-electron chi connectivity index (χ2n) is 5.18. The molecule has 0 aliphatic heterocycles. The fourth-order valence-corrected chi connectivity index (χ4v) is 2.50. The molecule has 10 heteroatoms. The summed E-state index contributed by atoms with van der Waals surface area (Å²) in [6.45, 7) is 3.70. The van der Waals surface area contributed by atoms with Crippen molar-refractivity contribution < 1.29 is 13.2 Å². The molecule has 0 aromatic carbocycles. The molecule has 6 nitrogen and oxygen atoms in total. The Hall–Kier alpha value is -2.42. The highest BCUT2D eigenvalue weighted by atomic mass is 35.5. The zero-order chi connectivity index (χ0) is 17.5. The van der Waals surface area contributed by atoms with E-state index in [4.69, 9.17) is 11.6 Å². The van der Waals surface area contributed by atoms with E-state index in [1.807, 2.05) is 6.92 Å². The van der Waals surface area contributed by atoms with Gasteiger partial charge in [-0.2, -0.15) is 13.2 Å².